The molecular weight excluding hydrogens is 428 g/mol. The van der Waals surface area contributed by atoms with Crippen molar-refractivity contribution >= 4 is 17.3 Å². The molecule has 1 heterocycles. The number of anilines is 2. The zero-order chi connectivity index (χ0) is 25.4. The molecule has 1 amide bonds. The highest BCUT2D eigenvalue weighted by molar-refractivity contribution is 6.12. The van der Waals surface area contributed by atoms with Crippen LogP contribution in [0.25, 0.3) is 0 Å². The number of fused-ring (bicyclic) bond motifs is 1. The third-order valence-electron chi connectivity index (χ3n) is 6.96. The molecular formula is C32H40N2O. The summed E-state index contributed by atoms with van der Waals surface area (Å²) in [4.78, 5) is 15.8. The summed E-state index contributed by atoms with van der Waals surface area (Å²) >= 11 is 0. The van der Waals surface area contributed by atoms with Gasteiger partial charge >= 0.3 is 0 Å². The molecule has 35 heavy (non-hydrogen) atoms. The van der Waals surface area contributed by atoms with Gasteiger partial charge in [0.25, 0.3) is 5.91 Å². The fraction of sp³-hybridized carbons (Fsp3) is 0.406. The Bertz CT molecular complexity index is 1160. The second-order valence-electron chi connectivity index (χ2n) is 11.9. The van der Waals surface area contributed by atoms with Crippen LogP contribution >= 0.6 is 0 Å². The van der Waals surface area contributed by atoms with E-state index >= 15 is 0 Å². The highest BCUT2D eigenvalue weighted by Crippen LogP contribution is 2.39. The van der Waals surface area contributed by atoms with E-state index < -0.39 is 0 Å². The van der Waals surface area contributed by atoms with Gasteiger partial charge in [-0.1, -0.05) is 97.4 Å². The molecule has 1 aliphatic rings. The monoisotopic (exact) mass is 468 g/mol. The normalized spacial score (nSPS) is 16.1. The summed E-state index contributed by atoms with van der Waals surface area (Å²) in [5, 5.41) is 3.70. The molecule has 1 unspecified atom stereocenters. The molecule has 3 aromatic carbocycles. The van der Waals surface area contributed by atoms with Gasteiger partial charge in [0.1, 0.15) is 6.17 Å². The number of nitrogens with one attached hydrogen (secondary N) is 1. The van der Waals surface area contributed by atoms with Crippen LogP contribution in [0, 0.1) is 0 Å². The maximum atomic E-state index is 13.9. The maximum absolute atomic E-state index is 13.9. The van der Waals surface area contributed by atoms with Crippen molar-refractivity contribution in [2.75, 3.05) is 10.2 Å². The van der Waals surface area contributed by atoms with E-state index in [1.165, 1.54) is 29.5 Å². The van der Waals surface area contributed by atoms with Crippen molar-refractivity contribution < 1.29 is 4.79 Å². The SMILES string of the molecule is CCCCc1ccc(N2C(=O)c3ccccc3NC2c2cc(C(C)(C)C)cc(C(C)(C)C)c2)cc1. The van der Waals surface area contributed by atoms with Gasteiger partial charge in [-0.2, -0.15) is 0 Å². The first-order valence-corrected chi connectivity index (χ1v) is 12.9. The minimum Gasteiger partial charge on any atom is -0.360 e. The highest BCUT2D eigenvalue weighted by atomic mass is 16.2. The van der Waals surface area contributed by atoms with Crippen molar-refractivity contribution in [2.45, 2.75) is 84.7 Å². The van der Waals surface area contributed by atoms with Crippen LogP contribution in [0.5, 0.6) is 0 Å². The van der Waals surface area contributed by atoms with Crippen LogP contribution in [0.1, 0.15) is 100 Å². The van der Waals surface area contributed by atoms with Gasteiger partial charge in [0.05, 0.1) is 5.56 Å². The molecule has 0 radical (unpaired) electrons. The average molecular weight is 469 g/mol. The Labute approximate surface area is 211 Å². The predicted molar refractivity (Wildman–Crippen MR) is 149 cm³/mol. The summed E-state index contributed by atoms with van der Waals surface area (Å²) in [5.41, 5.74) is 7.50. The fourth-order valence-electron chi connectivity index (χ4n) is 4.63. The largest absolute Gasteiger partial charge is 0.360 e. The van der Waals surface area contributed by atoms with Gasteiger partial charge in [-0.25, -0.2) is 0 Å². The van der Waals surface area contributed by atoms with Gasteiger partial charge in [-0.05, 0) is 70.2 Å². The number of hydrogen-bond acceptors (Lipinski definition) is 2. The number of carbonyl (C=O) groups excluding carboxylic acids is 1. The molecule has 0 fully saturated rings. The molecule has 184 valence electrons. The van der Waals surface area contributed by atoms with E-state index in [9.17, 15) is 4.79 Å². The molecule has 1 atom stereocenters. The maximum Gasteiger partial charge on any atom is 0.262 e. The van der Waals surface area contributed by atoms with Gasteiger partial charge in [0, 0.05) is 11.4 Å². The molecule has 3 aromatic rings. The van der Waals surface area contributed by atoms with Crippen molar-refractivity contribution in [1.29, 1.82) is 0 Å². The summed E-state index contributed by atoms with van der Waals surface area (Å²) in [6, 6.07) is 23.3. The fourth-order valence-corrected chi connectivity index (χ4v) is 4.63. The number of nitrogens with zero attached hydrogens (tertiary/aromatic N) is 1. The first kappa shape index (κ1) is 25.0. The Morgan fingerprint density at radius 3 is 2.00 bits per heavy atom. The lowest BCUT2D eigenvalue weighted by molar-refractivity contribution is 0.0975. The second kappa shape index (κ2) is 9.53. The summed E-state index contributed by atoms with van der Waals surface area (Å²) in [6.07, 6.45) is 3.13. The quantitative estimate of drug-likeness (QED) is 0.408. The van der Waals surface area contributed by atoms with Crippen molar-refractivity contribution in [1.82, 2.24) is 0 Å². The zero-order valence-electron chi connectivity index (χ0n) is 22.4. The van der Waals surface area contributed by atoms with Crippen molar-refractivity contribution in [3.8, 4) is 0 Å². The Hall–Kier alpha value is -3.07. The third kappa shape index (κ3) is 5.29. The lowest BCUT2D eigenvalue weighted by Crippen LogP contribution is -2.43. The third-order valence-corrected chi connectivity index (χ3v) is 6.96. The number of carbonyl (C=O) groups is 1. The lowest BCUT2D eigenvalue weighted by Gasteiger charge is -2.39. The zero-order valence-corrected chi connectivity index (χ0v) is 22.4. The van der Waals surface area contributed by atoms with Crippen LogP contribution in [-0.4, -0.2) is 5.91 Å². The van der Waals surface area contributed by atoms with E-state index in [0.29, 0.717) is 5.56 Å². The number of unbranched alkanes of at least 4 members (excludes halogenated alkanes) is 1. The summed E-state index contributed by atoms with van der Waals surface area (Å²) < 4.78 is 0. The van der Waals surface area contributed by atoms with Crippen molar-refractivity contribution in [3.05, 3.63) is 94.5 Å². The number of rotatable bonds is 5. The van der Waals surface area contributed by atoms with Gasteiger partial charge in [0.15, 0.2) is 0 Å². The number of aryl methyl sites for hydroxylation is 1. The first-order valence-electron chi connectivity index (χ1n) is 12.9. The van der Waals surface area contributed by atoms with Gasteiger partial charge in [0.2, 0.25) is 0 Å². The Morgan fingerprint density at radius 1 is 0.829 bits per heavy atom. The molecule has 0 spiro atoms. The molecule has 0 bridgehead atoms. The minimum absolute atomic E-state index is 0.00164. The number of benzene rings is 3. The molecule has 0 aromatic heterocycles. The smallest absolute Gasteiger partial charge is 0.262 e. The van der Waals surface area contributed by atoms with Gasteiger partial charge < -0.3 is 5.32 Å². The molecule has 1 N–H and O–H groups in total. The van der Waals surface area contributed by atoms with Crippen molar-refractivity contribution in [3.63, 3.8) is 0 Å². The van der Waals surface area contributed by atoms with Crippen LogP contribution in [0.4, 0.5) is 11.4 Å². The second-order valence-corrected chi connectivity index (χ2v) is 11.9. The number of para-hydroxylation sites is 1. The molecule has 0 saturated carbocycles. The predicted octanol–water partition coefficient (Wildman–Crippen LogP) is 8.40. The molecule has 1 aliphatic heterocycles. The van der Waals surface area contributed by atoms with E-state index in [1.54, 1.807) is 0 Å². The topological polar surface area (TPSA) is 32.3 Å². The summed E-state index contributed by atoms with van der Waals surface area (Å²) in [7, 11) is 0. The van der Waals surface area contributed by atoms with E-state index in [1.807, 2.05) is 29.2 Å². The average Bonchev–Trinajstić information content (AvgIpc) is 2.82. The van der Waals surface area contributed by atoms with Gasteiger partial charge in [-0.3, -0.25) is 9.69 Å². The van der Waals surface area contributed by atoms with E-state index in [4.69, 9.17) is 0 Å². The molecule has 0 saturated heterocycles. The first-order chi connectivity index (χ1) is 16.5. The molecule has 0 aliphatic carbocycles. The van der Waals surface area contributed by atoms with E-state index in [2.05, 4.69) is 96.2 Å². The Morgan fingerprint density at radius 2 is 1.43 bits per heavy atom. The van der Waals surface area contributed by atoms with E-state index in [-0.39, 0.29) is 22.9 Å². The lowest BCUT2D eigenvalue weighted by atomic mass is 9.79. The van der Waals surface area contributed by atoms with Crippen LogP contribution in [0.3, 0.4) is 0 Å². The van der Waals surface area contributed by atoms with Crippen molar-refractivity contribution in [2.24, 2.45) is 0 Å². The molecule has 3 nitrogen and oxygen atoms in total. The van der Waals surface area contributed by atoms with E-state index in [0.717, 1.165) is 23.4 Å². The summed E-state index contributed by atoms with van der Waals surface area (Å²) in [5.74, 6) is 0.0316. The number of amides is 1. The minimum atomic E-state index is -0.290. The Kier molecular flexibility index (Phi) is 6.81. The molecule has 3 heteroatoms. The van der Waals surface area contributed by atoms with Gasteiger partial charge in [-0.15, -0.1) is 0 Å². The van der Waals surface area contributed by atoms with Crippen LogP contribution in [0.15, 0.2) is 66.7 Å². The van der Waals surface area contributed by atoms with Crippen LogP contribution in [-0.2, 0) is 17.3 Å². The number of hydrogen-bond donors (Lipinski definition) is 1. The van der Waals surface area contributed by atoms with Crippen LogP contribution < -0.4 is 10.2 Å². The standard InChI is InChI=1S/C32H40N2O/c1-8-9-12-22-15-17-26(18-16-22)34-29(33-28-14-11-10-13-27(28)30(34)35)23-19-24(31(2,3)4)21-25(20-23)32(5,6)7/h10-11,13-21,29,33H,8-9,12H2,1-7H3. The summed E-state index contributed by atoms with van der Waals surface area (Å²) in [6.45, 7) is 15.7. The molecule has 4 rings (SSSR count). The highest BCUT2D eigenvalue weighted by Gasteiger charge is 2.35. The van der Waals surface area contributed by atoms with Crippen LogP contribution in [0.2, 0.25) is 0 Å². The Balaban J connectivity index is 1.86.